The van der Waals surface area contributed by atoms with E-state index in [2.05, 4.69) is 19.2 Å². The second kappa shape index (κ2) is 9.93. The fourth-order valence-corrected chi connectivity index (χ4v) is 4.07. The van der Waals surface area contributed by atoms with Gasteiger partial charge in [0, 0.05) is 12.3 Å². The number of rotatable bonds is 8. The molecular weight excluding hydrogens is 362 g/mol. The van der Waals surface area contributed by atoms with E-state index in [0.717, 1.165) is 54.7 Å². The lowest BCUT2D eigenvalue weighted by Crippen LogP contribution is -2.48. The zero-order valence-corrected chi connectivity index (χ0v) is 17.9. The Kier molecular flexibility index (Phi) is 7.32. The molecule has 4 nitrogen and oxygen atoms in total. The number of ether oxygens (including phenoxy) is 2. The maximum absolute atomic E-state index is 13.2. The van der Waals surface area contributed by atoms with Crippen molar-refractivity contribution >= 4 is 11.6 Å². The second-order valence-corrected chi connectivity index (χ2v) is 8.25. The van der Waals surface area contributed by atoms with Crippen LogP contribution in [0, 0.1) is 12.8 Å². The molecule has 0 bridgehead atoms. The van der Waals surface area contributed by atoms with E-state index in [1.165, 1.54) is 0 Å². The van der Waals surface area contributed by atoms with Gasteiger partial charge in [-0.3, -0.25) is 4.79 Å². The Bertz CT molecular complexity index is 805. The largest absolute Gasteiger partial charge is 0.489 e. The minimum absolute atomic E-state index is 0.0187. The molecule has 1 aliphatic rings. The van der Waals surface area contributed by atoms with Crippen molar-refractivity contribution in [2.24, 2.45) is 5.92 Å². The molecule has 1 aliphatic carbocycles. The summed E-state index contributed by atoms with van der Waals surface area (Å²) in [5, 5.41) is 3.10. The first-order valence-electron chi connectivity index (χ1n) is 10.8. The molecule has 1 fully saturated rings. The summed E-state index contributed by atoms with van der Waals surface area (Å²) in [6, 6.07) is 15.9. The molecule has 0 unspecified atom stereocenters. The highest BCUT2D eigenvalue weighted by atomic mass is 16.5. The predicted octanol–water partition coefficient (Wildman–Crippen LogP) is 5.89. The number of nitrogens with one attached hydrogen (secondary N) is 1. The van der Waals surface area contributed by atoms with Crippen molar-refractivity contribution in [3.63, 3.8) is 0 Å². The third-order valence-corrected chi connectivity index (χ3v) is 5.62. The first-order chi connectivity index (χ1) is 14.0. The van der Waals surface area contributed by atoms with Crippen molar-refractivity contribution in [1.29, 1.82) is 0 Å². The number of amides is 1. The molecule has 0 heterocycles. The number of hydrogen-bond acceptors (Lipinski definition) is 3. The monoisotopic (exact) mass is 395 g/mol. The van der Waals surface area contributed by atoms with Gasteiger partial charge in [0.2, 0.25) is 0 Å². The average molecular weight is 396 g/mol. The first-order valence-corrected chi connectivity index (χ1v) is 10.8. The van der Waals surface area contributed by atoms with Crippen molar-refractivity contribution in [3.8, 4) is 5.75 Å². The van der Waals surface area contributed by atoms with E-state index < -0.39 is 5.60 Å². The van der Waals surface area contributed by atoms with Crippen molar-refractivity contribution in [3.05, 3.63) is 59.7 Å². The Morgan fingerprint density at radius 1 is 1.21 bits per heavy atom. The number of anilines is 1. The van der Waals surface area contributed by atoms with Crippen LogP contribution in [-0.2, 0) is 16.1 Å². The lowest BCUT2D eigenvalue weighted by atomic mass is 9.78. The first kappa shape index (κ1) is 21.4. The maximum atomic E-state index is 13.2. The van der Waals surface area contributed by atoms with Gasteiger partial charge in [0.15, 0.2) is 0 Å². The van der Waals surface area contributed by atoms with Gasteiger partial charge in [0.25, 0.3) is 5.91 Å². The van der Waals surface area contributed by atoms with Crippen LogP contribution in [0.1, 0.15) is 57.1 Å². The molecule has 0 radical (unpaired) electrons. The third-order valence-electron chi connectivity index (χ3n) is 5.62. The molecule has 2 atom stereocenters. The standard InChI is InChI=1S/C25H33NO3/c1-4-15-29-25(14-8-9-19(2)17-25)24(27)26-22-12-13-23(20(3)16-22)28-18-21-10-6-5-7-11-21/h5-7,10-13,16,19H,4,8-9,14-15,17-18H2,1-3H3,(H,26,27)/t19-,25+/m0/s1. The van der Waals surface area contributed by atoms with Gasteiger partial charge in [-0.2, -0.15) is 0 Å². The molecular formula is C25H33NO3. The van der Waals surface area contributed by atoms with Gasteiger partial charge >= 0.3 is 0 Å². The maximum Gasteiger partial charge on any atom is 0.256 e. The van der Waals surface area contributed by atoms with Crippen LogP contribution in [0.25, 0.3) is 0 Å². The molecule has 3 rings (SSSR count). The lowest BCUT2D eigenvalue weighted by Gasteiger charge is -2.38. The molecule has 0 aliphatic heterocycles. The summed E-state index contributed by atoms with van der Waals surface area (Å²) >= 11 is 0. The summed E-state index contributed by atoms with van der Waals surface area (Å²) in [7, 11) is 0. The van der Waals surface area contributed by atoms with Crippen molar-refractivity contribution in [2.45, 2.75) is 65.1 Å². The van der Waals surface area contributed by atoms with E-state index in [9.17, 15) is 4.79 Å². The highest BCUT2D eigenvalue weighted by Crippen LogP contribution is 2.36. The number of carbonyl (C=O) groups is 1. The van der Waals surface area contributed by atoms with Crippen LogP contribution in [0.2, 0.25) is 0 Å². The molecule has 0 aromatic heterocycles. The molecule has 1 N–H and O–H groups in total. The van der Waals surface area contributed by atoms with Crippen LogP contribution >= 0.6 is 0 Å². The Labute approximate surface area is 174 Å². The summed E-state index contributed by atoms with van der Waals surface area (Å²) in [6.07, 6.45) is 4.69. The molecule has 1 saturated carbocycles. The van der Waals surface area contributed by atoms with E-state index in [1.54, 1.807) is 0 Å². The molecule has 156 valence electrons. The SMILES string of the molecule is CCCO[C@]1(C(=O)Nc2ccc(OCc3ccccc3)c(C)c2)CCC[C@H](C)C1. The molecule has 0 saturated heterocycles. The fourth-order valence-electron chi connectivity index (χ4n) is 4.07. The Morgan fingerprint density at radius 3 is 2.69 bits per heavy atom. The topological polar surface area (TPSA) is 47.6 Å². The summed E-state index contributed by atoms with van der Waals surface area (Å²) in [5.41, 5.74) is 2.21. The summed E-state index contributed by atoms with van der Waals surface area (Å²) in [4.78, 5) is 13.2. The summed E-state index contributed by atoms with van der Waals surface area (Å²) < 4.78 is 12.1. The van der Waals surface area contributed by atoms with E-state index >= 15 is 0 Å². The van der Waals surface area contributed by atoms with Gasteiger partial charge in [-0.1, -0.05) is 50.6 Å². The third kappa shape index (κ3) is 5.60. The smallest absolute Gasteiger partial charge is 0.256 e. The van der Waals surface area contributed by atoms with Gasteiger partial charge in [-0.25, -0.2) is 0 Å². The van der Waals surface area contributed by atoms with Gasteiger partial charge in [0.05, 0.1) is 0 Å². The lowest BCUT2D eigenvalue weighted by molar-refractivity contribution is -0.148. The minimum Gasteiger partial charge on any atom is -0.489 e. The normalized spacial score (nSPS) is 21.6. The summed E-state index contributed by atoms with van der Waals surface area (Å²) in [6.45, 7) is 7.43. The van der Waals surface area contributed by atoms with Crippen LogP contribution in [0.4, 0.5) is 5.69 Å². The zero-order chi connectivity index (χ0) is 20.7. The van der Waals surface area contributed by atoms with Crippen molar-refractivity contribution in [1.82, 2.24) is 0 Å². The number of aryl methyl sites for hydroxylation is 1. The van der Waals surface area contributed by atoms with Gasteiger partial charge in [-0.15, -0.1) is 0 Å². The van der Waals surface area contributed by atoms with Crippen LogP contribution in [0.5, 0.6) is 5.75 Å². The van der Waals surface area contributed by atoms with Crippen molar-refractivity contribution < 1.29 is 14.3 Å². The molecule has 29 heavy (non-hydrogen) atoms. The predicted molar refractivity (Wildman–Crippen MR) is 117 cm³/mol. The Hall–Kier alpha value is -2.33. The zero-order valence-electron chi connectivity index (χ0n) is 17.9. The van der Waals surface area contributed by atoms with E-state index in [4.69, 9.17) is 9.47 Å². The second-order valence-electron chi connectivity index (χ2n) is 8.25. The Balaban J connectivity index is 1.66. The number of carbonyl (C=O) groups excluding carboxylic acids is 1. The van der Waals surface area contributed by atoms with Crippen molar-refractivity contribution in [2.75, 3.05) is 11.9 Å². The fraction of sp³-hybridized carbons (Fsp3) is 0.480. The van der Waals surface area contributed by atoms with Crippen LogP contribution < -0.4 is 10.1 Å². The highest BCUT2D eigenvalue weighted by Gasteiger charge is 2.42. The van der Waals surface area contributed by atoms with Crippen LogP contribution in [0.3, 0.4) is 0 Å². The van der Waals surface area contributed by atoms with E-state index in [-0.39, 0.29) is 5.91 Å². The molecule has 1 amide bonds. The number of benzene rings is 2. The van der Waals surface area contributed by atoms with E-state index in [1.807, 2.05) is 55.5 Å². The molecule has 2 aromatic carbocycles. The van der Waals surface area contributed by atoms with Gasteiger partial charge in [-0.05, 0) is 67.9 Å². The van der Waals surface area contributed by atoms with Gasteiger partial charge in [0.1, 0.15) is 18.0 Å². The Morgan fingerprint density at radius 2 is 2.00 bits per heavy atom. The average Bonchev–Trinajstić information content (AvgIpc) is 2.72. The van der Waals surface area contributed by atoms with Gasteiger partial charge < -0.3 is 14.8 Å². The highest BCUT2D eigenvalue weighted by molar-refractivity contribution is 5.97. The molecule has 4 heteroatoms. The molecule has 2 aromatic rings. The van der Waals surface area contributed by atoms with Crippen LogP contribution in [-0.4, -0.2) is 18.1 Å². The minimum atomic E-state index is -0.704. The van der Waals surface area contributed by atoms with E-state index in [0.29, 0.717) is 19.1 Å². The molecule has 0 spiro atoms. The summed E-state index contributed by atoms with van der Waals surface area (Å²) in [5.74, 6) is 1.31. The van der Waals surface area contributed by atoms with Crippen LogP contribution in [0.15, 0.2) is 48.5 Å². The quantitative estimate of drug-likeness (QED) is 0.606. The number of hydrogen-bond donors (Lipinski definition) is 1.